The molecule has 51 heavy (non-hydrogen) atoms. The van der Waals surface area contributed by atoms with Crippen molar-refractivity contribution in [2.45, 2.75) is 91.8 Å². The summed E-state index contributed by atoms with van der Waals surface area (Å²) in [4.78, 5) is 45.1. The molecular formula is C39H50N6O6. The Kier molecular flexibility index (Phi) is 14.1. The number of rotatable bonds is 11. The predicted octanol–water partition coefficient (Wildman–Crippen LogP) is 8.39. The molecule has 2 heterocycles. The molecule has 0 aliphatic heterocycles. The molecule has 0 unspecified atom stereocenters. The highest BCUT2D eigenvalue weighted by Gasteiger charge is 2.34. The van der Waals surface area contributed by atoms with Gasteiger partial charge in [0, 0.05) is 17.7 Å². The molecule has 0 aliphatic carbocycles. The fourth-order valence-electron chi connectivity index (χ4n) is 4.80. The second-order valence-electron chi connectivity index (χ2n) is 13.7. The Labute approximate surface area is 300 Å². The summed E-state index contributed by atoms with van der Waals surface area (Å²) >= 11 is 0. The molecule has 3 amide bonds. The van der Waals surface area contributed by atoms with Crippen LogP contribution in [0.15, 0.2) is 85.2 Å². The minimum Gasteiger partial charge on any atom is -0.465 e. The maximum atomic E-state index is 12.5. The SMILES string of the molecule is CC(C)c1cccc(Oc2ccc(NC(=O)[C@@H](C)N(C(=O)O)C(C)(C)C)cn2)c1.CC(C)c1cccc(Oc2ccc(NC(=O)[C@@H](C)N)cn2)c1. The van der Waals surface area contributed by atoms with Crippen LogP contribution in [0.4, 0.5) is 16.2 Å². The van der Waals surface area contributed by atoms with E-state index in [-0.39, 0.29) is 5.91 Å². The molecule has 0 fully saturated rings. The van der Waals surface area contributed by atoms with Gasteiger partial charge in [0.15, 0.2) is 0 Å². The molecule has 4 rings (SSSR count). The monoisotopic (exact) mass is 698 g/mol. The first kappa shape index (κ1) is 39.9. The van der Waals surface area contributed by atoms with Crippen LogP contribution in [0.3, 0.4) is 0 Å². The van der Waals surface area contributed by atoms with Gasteiger partial charge in [-0.2, -0.15) is 0 Å². The highest BCUT2D eigenvalue weighted by Crippen LogP contribution is 2.26. The first-order valence-corrected chi connectivity index (χ1v) is 16.8. The molecule has 0 bridgehead atoms. The number of carbonyl (C=O) groups is 3. The van der Waals surface area contributed by atoms with Crippen LogP contribution >= 0.6 is 0 Å². The smallest absolute Gasteiger partial charge is 0.408 e. The highest BCUT2D eigenvalue weighted by molar-refractivity contribution is 5.96. The van der Waals surface area contributed by atoms with E-state index in [9.17, 15) is 19.5 Å². The second kappa shape index (κ2) is 18.0. The summed E-state index contributed by atoms with van der Waals surface area (Å²) in [5.74, 6) is 2.46. The molecule has 0 saturated carbocycles. The Bertz CT molecular complexity index is 1750. The van der Waals surface area contributed by atoms with E-state index in [1.54, 1.807) is 65.1 Å². The normalized spacial score (nSPS) is 12.2. The Morgan fingerprint density at radius 2 is 1.14 bits per heavy atom. The van der Waals surface area contributed by atoms with Crippen LogP contribution < -0.4 is 25.8 Å². The lowest BCUT2D eigenvalue weighted by Crippen LogP contribution is -2.54. The van der Waals surface area contributed by atoms with Crippen LogP contribution in [-0.4, -0.2) is 55.5 Å². The number of amides is 3. The van der Waals surface area contributed by atoms with Gasteiger partial charge in [-0.3, -0.25) is 14.5 Å². The molecule has 272 valence electrons. The van der Waals surface area contributed by atoms with Crippen LogP contribution in [0, 0.1) is 0 Å². The van der Waals surface area contributed by atoms with Crippen molar-refractivity contribution in [1.82, 2.24) is 14.9 Å². The number of nitrogens with one attached hydrogen (secondary N) is 2. The largest absolute Gasteiger partial charge is 0.465 e. The van der Waals surface area contributed by atoms with Crippen LogP contribution in [0.5, 0.6) is 23.3 Å². The number of carboxylic acid groups (broad SMARTS) is 1. The van der Waals surface area contributed by atoms with Crippen LogP contribution in [0.25, 0.3) is 0 Å². The molecule has 12 nitrogen and oxygen atoms in total. The fraction of sp³-hybridized carbons (Fsp3) is 0.359. The van der Waals surface area contributed by atoms with Gasteiger partial charge in [-0.25, -0.2) is 14.8 Å². The molecule has 0 spiro atoms. The lowest BCUT2D eigenvalue weighted by Gasteiger charge is -2.37. The van der Waals surface area contributed by atoms with Gasteiger partial charge in [-0.05, 0) is 94.0 Å². The molecule has 0 saturated heterocycles. The zero-order valence-corrected chi connectivity index (χ0v) is 30.8. The number of benzene rings is 2. The van der Waals surface area contributed by atoms with E-state index in [2.05, 4.69) is 54.4 Å². The molecule has 2 aromatic heterocycles. The minimum absolute atomic E-state index is 0.250. The third kappa shape index (κ3) is 12.4. The molecular weight excluding hydrogens is 648 g/mol. The van der Waals surface area contributed by atoms with E-state index in [4.69, 9.17) is 15.2 Å². The Morgan fingerprint density at radius 3 is 1.47 bits per heavy atom. The summed E-state index contributed by atoms with van der Waals surface area (Å²) in [6.07, 6.45) is 1.88. The van der Waals surface area contributed by atoms with Crippen LogP contribution in [0.1, 0.15) is 85.3 Å². The number of ether oxygens (including phenoxy) is 2. The number of nitrogens with zero attached hydrogens (tertiary/aromatic N) is 3. The summed E-state index contributed by atoms with van der Waals surface area (Å²) in [5.41, 5.74) is 8.22. The zero-order valence-electron chi connectivity index (χ0n) is 30.8. The number of hydrogen-bond acceptors (Lipinski definition) is 8. The lowest BCUT2D eigenvalue weighted by atomic mass is 10.0. The van der Waals surface area contributed by atoms with Gasteiger partial charge in [0.1, 0.15) is 17.5 Å². The quantitative estimate of drug-likeness (QED) is 0.120. The van der Waals surface area contributed by atoms with Gasteiger partial charge in [0.05, 0.1) is 29.8 Å². The standard InChI is InChI=1S/C22H29N3O4.C17H21N3O2/c1-14(2)16-8-7-9-18(12-16)29-19-11-10-17(13-23-19)24-20(26)15(3)25(21(27)28)22(4,5)6;1-11(2)13-5-4-6-15(9-13)22-16-8-7-14(10-19-16)20-17(21)12(3)18/h7-15H,1-6H3,(H,24,26)(H,27,28);4-12H,18H2,1-3H3,(H,20,21)/t15-;12-/m11/s1. The summed E-state index contributed by atoms with van der Waals surface area (Å²) in [6, 6.07) is 21.1. The molecule has 12 heteroatoms. The third-order valence-electron chi connectivity index (χ3n) is 7.61. The molecule has 5 N–H and O–H groups in total. The first-order chi connectivity index (χ1) is 23.9. The van der Waals surface area contributed by atoms with Crippen molar-refractivity contribution in [1.29, 1.82) is 0 Å². The average molecular weight is 699 g/mol. The van der Waals surface area contributed by atoms with Crippen molar-refractivity contribution in [2.24, 2.45) is 5.73 Å². The van der Waals surface area contributed by atoms with E-state index in [0.717, 1.165) is 10.6 Å². The van der Waals surface area contributed by atoms with Gasteiger partial charge in [0.25, 0.3) is 0 Å². The van der Waals surface area contributed by atoms with E-state index in [1.807, 2.05) is 42.5 Å². The van der Waals surface area contributed by atoms with Gasteiger partial charge in [0.2, 0.25) is 23.6 Å². The zero-order chi connectivity index (χ0) is 37.9. The Hall–Kier alpha value is -5.49. The van der Waals surface area contributed by atoms with Crippen molar-refractivity contribution in [3.63, 3.8) is 0 Å². The van der Waals surface area contributed by atoms with Crippen molar-refractivity contribution < 1.29 is 29.0 Å². The van der Waals surface area contributed by atoms with Gasteiger partial charge in [-0.1, -0.05) is 52.0 Å². The lowest BCUT2D eigenvalue weighted by molar-refractivity contribution is -0.121. The van der Waals surface area contributed by atoms with E-state index in [0.29, 0.717) is 40.7 Å². The van der Waals surface area contributed by atoms with E-state index in [1.165, 1.54) is 17.3 Å². The summed E-state index contributed by atoms with van der Waals surface area (Å²) in [6.45, 7) is 16.9. The Morgan fingerprint density at radius 1 is 0.706 bits per heavy atom. The molecule has 2 atom stereocenters. The topological polar surface area (TPSA) is 169 Å². The summed E-state index contributed by atoms with van der Waals surface area (Å²) in [5, 5.41) is 14.8. The van der Waals surface area contributed by atoms with Crippen LogP contribution in [-0.2, 0) is 9.59 Å². The number of anilines is 2. The third-order valence-corrected chi connectivity index (χ3v) is 7.61. The number of aromatic nitrogens is 2. The Balaban J connectivity index is 0.000000286. The number of nitrogens with two attached hydrogens (primary N) is 1. The van der Waals surface area contributed by atoms with E-state index >= 15 is 0 Å². The highest BCUT2D eigenvalue weighted by atomic mass is 16.5. The molecule has 0 radical (unpaired) electrons. The van der Waals surface area contributed by atoms with Crippen molar-refractivity contribution >= 4 is 29.3 Å². The predicted molar refractivity (Wildman–Crippen MR) is 200 cm³/mol. The molecule has 0 aliphatic rings. The van der Waals surface area contributed by atoms with Gasteiger partial charge < -0.3 is 30.9 Å². The summed E-state index contributed by atoms with van der Waals surface area (Å²) < 4.78 is 11.5. The van der Waals surface area contributed by atoms with Crippen molar-refractivity contribution in [3.05, 3.63) is 96.3 Å². The van der Waals surface area contributed by atoms with Crippen molar-refractivity contribution in [3.8, 4) is 23.3 Å². The van der Waals surface area contributed by atoms with Crippen LogP contribution in [0.2, 0.25) is 0 Å². The van der Waals surface area contributed by atoms with Gasteiger partial charge >= 0.3 is 6.09 Å². The van der Waals surface area contributed by atoms with Crippen molar-refractivity contribution in [2.75, 3.05) is 10.6 Å². The minimum atomic E-state index is -1.15. The maximum Gasteiger partial charge on any atom is 0.408 e. The number of hydrogen-bond donors (Lipinski definition) is 4. The second-order valence-corrected chi connectivity index (χ2v) is 13.7. The maximum absolute atomic E-state index is 12.5. The first-order valence-electron chi connectivity index (χ1n) is 16.8. The summed E-state index contributed by atoms with van der Waals surface area (Å²) in [7, 11) is 0. The van der Waals surface area contributed by atoms with E-state index < -0.39 is 29.6 Å². The number of pyridine rings is 2. The number of carbonyl (C=O) groups excluding carboxylic acids is 2. The molecule has 2 aromatic carbocycles. The molecule has 4 aromatic rings. The average Bonchev–Trinajstić information content (AvgIpc) is 3.06. The van der Waals surface area contributed by atoms with Gasteiger partial charge in [-0.15, -0.1) is 0 Å². The fourth-order valence-corrected chi connectivity index (χ4v) is 4.80.